The number of ether oxygens (including phenoxy) is 1. The van der Waals surface area contributed by atoms with Gasteiger partial charge in [-0.15, -0.1) is 0 Å². The zero-order valence-corrected chi connectivity index (χ0v) is 17.0. The lowest BCUT2D eigenvalue weighted by Crippen LogP contribution is -2.33. The number of nitrogens with one attached hydrogen (secondary N) is 1. The van der Waals surface area contributed by atoms with Gasteiger partial charge in [-0.1, -0.05) is 48.5 Å². The van der Waals surface area contributed by atoms with E-state index in [1.807, 2.05) is 69.3 Å². The summed E-state index contributed by atoms with van der Waals surface area (Å²) in [6.45, 7) is 5.67. The summed E-state index contributed by atoms with van der Waals surface area (Å²) in [4.78, 5) is 38.7. The average molecular weight is 394 g/mol. The van der Waals surface area contributed by atoms with Gasteiger partial charge < -0.3 is 15.0 Å². The van der Waals surface area contributed by atoms with Crippen LogP contribution >= 0.6 is 0 Å². The molecule has 2 aromatic carbocycles. The molecule has 0 aromatic heterocycles. The highest BCUT2D eigenvalue weighted by Crippen LogP contribution is 2.31. The number of aryl methyl sites for hydroxylation is 2. The molecule has 0 radical (unpaired) electrons. The van der Waals surface area contributed by atoms with Crippen molar-refractivity contribution in [1.29, 1.82) is 0 Å². The quantitative estimate of drug-likeness (QED) is 0.764. The standard InChI is InChI=1S/C23H26N2O4/c1-15-8-7-9-16(2)22(15)25-13-19(12-21(25)27)23(28)29-14-20(26)24-17(3)18-10-5-4-6-11-18/h4-11,17,19H,12-14H2,1-3H3,(H,24,26)/t17-,19+/m1/s1. The Hall–Kier alpha value is -3.15. The molecule has 0 bridgehead atoms. The number of hydrogen-bond acceptors (Lipinski definition) is 4. The van der Waals surface area contributed by atoms with Crippen LogP contribution < -0.4 is 10.2 Å². The molecule has 1 N–H and O–H groups in total. The Kier molecular flexibility index (Phi) is 6.32. The molecule has 3 rings (SSSR count). The summed E-state index contributed by atoms with van der Waals surface area (Å²) >= 11 is 0. The SMILES string of the molecule is Cc1cccc(C)c1N1C[C@@H](C(=O)OCC(=O)N[C@H](C)c2ccccc2)CC1=O. The lowest BCUT2D eigenvalue weighted by atomic mass is 10.1. The molecule has 2 atom stereocenters. The van der Waals surface area contributed by atoms with E-state index in [0.717, 1.165) is 22.4 Å². The molecule has 1 saturated heterocycles. The summed E-state index contributed by atoms with van der Waals surface area (Å²) in [5.41, 5.74) is 3.79. The van der Waals surface area contributed by atoms with Crippen molar-refractivity contribution in [2.24, 2.45) is 5.92 Å². The molecular weight excluding hydrogens is 368 g/mol. The fourth-order valence-corrected chi connectivity index (χ4v) is 3.68. The summed E-state index contributed by atoms with van der Waals surface area (Å²) in [6, 6.07) is 15.2. The summed E-state index contributed by atoms with van der Waals surface area (Å²) in [6.07, 6.45) is 0.0919. The second kappa shape index (κ2) is 8.90. The first-order chi connectivity index (χ1) is 13.9. The molecule has 1 aliphatic heterocycles. The van der Waals surface area contributed by atoms with Crippen LogP contribution in [-0.2, 0) is 19.1 Å². The Balaban J connectivity index is 1.54. The molecule has 6 heteroatoms. The smallest absolute Gasteiger partial charge is 0.311 e. The van der Waals surface area contributed by atoms with Crippen LogP contribution in [0.25, 0.3) is 0 Å². The molecule has 1 aliphatic rings. The lowest BCUT2D eigenvalue weighted by molar-refractivity contribution is -0.152. The molecule has 0 saturated carbocycles. The van der Waals surface area contributed by atoms with Gasteiger partial charge in [0.2, 0.25) is 5.91 Å². The van der Waals surface area contributed by atoms with E-state index in [4.69, 9.17) is 4.74 Å². The van der Waals surface area contributed by atoms with Gasteiger partial charge in [0.1, 0.15) is 0 Å². The second-order valence-electron chi connectivity index (χ2n) is 7.45. The zero-order valence-electron chi connectivity index (χ0n) is 17.0. The molecule has 29 heavy (non-hydrogen) atoms. The summed E-state index contributed by atoms with van der Waals surface area (Å²) in [5.74, 6) is -1.56. The number of anilines is 1. The van der Waals surface area contributed by atoms with E-state index in [2.05, 4.69) is 5.32 Å². The minimum absolute atomic E-state index is 0.0919. The average Bonchev–Trinajstić information content (AvgIpc) is 3.08. The Morgan fingerprint density at radius 3 is 2.41 bits per heavy atom. The van der Waals surface area contributed by atoms with E-state index in [9.17, 15) is 14.4 Å². The van der Waals surface area contributed by atoms with Crippen LogP contribution in [0.3, 0.4) is 0 Å². The van der Waals surface area contributed by atoms with Crippen molar-refractivity contribution in [2.45, 2.75) is 33.2 Å². The van der Waals surface area contributed by atoms with Crippen molar-refractivity contribution in [3.63, 3.8) is 0 Å². The van der Waals surface area contributed by atoms with Crippen molar-refractivity contribution in [2.75, 3.05) is 18.1 Å². The molecule has 2 aromatic rings. The van der Waals surface area contributed by atoms with Gasteiger partial charge in [0.15, 0.2) is 6.61 Å². The summed E-state index contributed by atoms with van der Waals surface area (Å²) in [5, 5.41) is 2.81. The second-order valence-corrected chi connectivity index (χ2v) is 7.45. The maximum Gasteiger partial charge on any atom is 0.311 e. The minimum Gasteiger partial charge on any atom is -0.455 e. The largest absolute Gasteiger partial charge is 0.455 e. The highest BCUT2D eigenvalue weighted by molar-refractivity contribution is 6.00. The normalized spacial score (nSPS) is 17.1. The van der Waals surface area contributed by atoms with Crippen molar-refractivity contribution in [3.05, 3.63) is 65.2 Å². The van der Waals surface area contributed by atoms with Crippen molar-refractivity contribution >= 4 is 23.5 Å². The molecule has 0 aliphatic carbocycles. The van der Waals surface area contributed by atoms with Gasteiger partial charge >= 0.3 is 5.97 Å². The Bertz CT molecular complexity index is 890. The molecular formula is C23H26N2O4. The number of para-hydroxylation sites is 1. The number of nitrogens with zero attached hydrogens (tertiary/aromatic N) is 1. The fourth-order valence-electron chi connectivity index (χ4n) is 3.68. The number of rotatable bonds is 6. The first-order valence-corrected chi connectivity index (χ1v) is 9.74. The number of benzene rings is 2. The fraction of sp³-hybridized carbons (Fsp3) is 0.348. The van der Waals surface area contributed by atoms with E-state index in [1.165, 1.54) is 0 Å². The van der Waals surface area contributed by atoms with Gasteiger partial charge in [-0.05, 0) is 37.5 Å². The summed E-state index contributed by atoms with van der Waals surface area (Å²) < 4.78 is 5.19. The topological polar surface area (TPSA) is 75.7 Å². The molecule has 0 spiro atoms. The molecule has 2 amide bonds. The van der Waals surface area contributed by atoms with Crippen LogP contribution in [0.2, 0.25) is 0 Å². The monoisotopic (exact) mass is 394 g/mol. The van der Waals surface area contributed by atoms with Crippen LogP contribution in [0, 0.1) is 19.8 Å². The van der Waals surface area contributed by atoms with E-state index >= 15 is 0 Å². The first kappa shape index (κ1) is 20.6. The Morgan fingerprint density at radius 2 is 1.76 bits per heavy atom. The molecule has 1 fully saturated rings. The van der Waals surface area contributed by atoms with Gasteiger partial charge in [-0.3, -0.25) is 14.4 Å². The number of esters is 1. The number of carbonyl (C=O) groups excluding carboxylic acids is 3. The number of amides is 2. The molecule has 152 valence electrons. The van der Waals surface area contributed by atoms with Gasteiger partial charge in [0.25, 0.3) is 5.91 Å². The highest BCUT2D eigenvalue weighted by atomic mass is 16.5. The third-order valence-corrected chi connectivity index (χ3v) is 5.19. The predicted molar refractivity (Wildman–Crippen MR) is 110 cm³/mol. The van der Waals surface area contributed by atoms with Crippen LogP contribution in [0.1, 0.15) is 36.1 Å². The third-order valence-electron chi connectivity index (χ3n) is 5.19. The predicted octanol–water partition coefficient (Wildman–Crippen LogP) is 3.08. The van der Waals surface area contributed by atoms with Gasteiger partial charge in [0, 0.05) is 18.7 Å². The highest BCUT2D eigenvalue weighted by Gasteiger charge is 2.37. The van der Waals surface area contributed by atoms with Crippen molar-refractivity contribution in [3.8, 4) is 0 Å². The van der Waals surface area contributed by atoms with Crippen molar-refractivity contribution < 1.29 is 19.1 Å². The van der Waals surface area contributed by atoms with Crippen LogP contribution in [0.15, 0.2) is 48.5 Å². The Labute approximate surface area is 170 Å². The molecule has 1 heterocycles. The maximum absolute atomic E-state index is 12.5. The van der Waals surface area contributed by atoms with E-state index in [1.54, 1.807) is 4.90 Å². The van der Waals surface area contributed by atoms with Gasteiger partial charge in [0.05, 0.1) is 12.0 Å². The van der Waals surface area contributed by atoms with Gasteiger partial charge in [-0.25, -0.2) is 0 Å². The lowest BCUT2D eigenvalue weighted by Gasteiger charge is -2.21. The first-order valence-electron chi connectivity index (χ1n) is 9.74. The van der Waals surface area contributed by atoms with Crippen LogP contribution in [0.5, 0.6) is 0 Å². The minimum atomic E-state index is -0.569. The number of carbonyl (C=O) groups is 3. The third kappa shape index (κ3) is 4.83. The van der Waals surface area contributed by atoms with Gasteiger partial charge in [-0.2, -0.15) is 0 Å². The van der Waals surface area contributed by atoms with Crippen LogP contribution in [0.4, 0.5) is 5.69 Å². The zero-order chi connectivity index (χ0) is 21.0. The Morgan fingerprint density at radius 1 is 1.10 bits per heavy atom. The maximum atomic E-state index is 12.5. The number of hydrogen-bond donors (Lipinski definition) is 1. The van der Waals surface area contributed by atoms with E-state index in [-0.39, 0.29) is 37.4 Å². The molecule has 6 nitrogen and oxygen atoms in total. The van der Waals surface area contributed by atoms with Crippen molar-refractivity contribution in [1.82, 2.24) is 5.32 Å². The van der Waals surface area contributed by atoms with E-state index < -0.39 is 11.9 Å². The van der Waals surface area contributed by atoms with E-state index in [0.29, 0.717) is 0 Å². The summed E-state index contributed by atoms with van der Waals surface area (Å²) in [7, 11) is 0. The molecule has 0 unspecified atom stereocenters. The van der Waals surface area contributed by atoms with Crippen LogP contribution in [-0.4, -0.2) is 30.9 Å².